The van der Waals surface area contributed by atoms with Crippen LogP contribution in [0.5, 0.6) is 0 Å². The van der Waals surface area contributed by atoms with Crippen molar-refractivity contribution in [2.45, 2.75) is 32.9 Å². The molecule has 0 radical (unpaired) electrons. The fraction of sp³-hybridized carbons (Fsp3) is 0.250. The number of aryl methyl sites for hydroxylation is 1. The summed E-state index contributed by atoms with van der Waals surface area (Å²) in [6.07, 6.45) is -4.76. The summed E-state index contributed by atoms with van der Waals surface area (Å²) in [5.41, 5.74) is -0.958. The number of nitrogens with one attached hydrogen (secondary N) is 1. The molecule has 0 aliphatic rings. The zero-order chi connectivity index (χ0) is 23.7. The number of fused-ring (bicyclic) bond motifs is 1. The van der Waals surface area contributed by atoms with Gasteiger partial charge in [-0.1, -0.05) is 12.1 Å². The van der Waals surface area contributed by atoms with Crippen LogP contribution >= 0.6 is 0 Å². The van der Waals surface area contributed by atoms with Gasteiger partial charge < -0.3 is 0 Å². The number of pyridine rings is 1. The average Bonchev–Trinajstić information content (AvgIpc) is 3.31. The number of carbonyl (C=O) groups excluding carboxylic acids is 1. The molecule has 0 aliphatic carbocycles. The molecule has 172 valence electrons. The Morgan fingerprint density at radius 2 is 1.91 bits per heavy atom. The number of hydrogen-bond donors (Lipinski definition) is 1. The molecule has 0 saturated heterocycles. The van der Waals surface area contributed by atoms with E-state index in [1.165, 1.54) is 30.1 Å². The van der Waals surface area contributed by atoms with E-state index in [4.69, 9.17) is 0 Å². The molecular formula is C20H16F5N7O. The fourth-order valence-corrected chi connectivity index (χ4v) is 3.35. The van der Waals surface area contributed by atoms with Gasteiger partial charge in [0, 0.05) is 5.56 Å². The number of halogens is 5. The zero-order valence-corrected chi connectivity index (χ0v) is 17.0. The number of alkyl halides is 4. The third-order valence-corrected chi connectivity index (χ3v) is 4.70. The van der Waals surface area contributed by atoms with Crippen molar-refractivity contribution >= 4 is 22.9 Å². The summed E-state index contributed by atoms with van der Waals surface area (Å²) in [4.78, 5) is 20.1. The first-order valence-corrected chi connectivity index (χ1v) is 9.59. The molecule has 0 fully saturated rings. The minimum absolute atomic E-state index is 0.0564. The number of hydrogen-bond acceptors (Lipinski definition) is 5. The van der Waals surface area contributed by atoms with Gasteiger partial charge in [-0.15, -0.1) is 5.10 Å². The van der Waals surface area contributed by atoms with Crippen LogP contribution in [0.3, 0.4) is 0 Å². The van der Waals surface area contributed by atoms with Crippen LogP contribution < -0.4 is 5.32 Å². The number of benzene rings is 1. The van der Waals surface area contributed by atoms with E-state index >= 15 is 0 Å². The molecule has 8 nitrogen and oxygen atoms in total. The summed E-state index contributed by atoms with van der Waals surface area (Å²) in [6.45, 7) is 1.13. The second-order valence-electron chi connectivity index (χ2n) is 7.12. The molecule has 1 N–H and O–H groups in total. The summed E-state index contributed by atoms with van der Waals surface area (Å²) in [6, 6.07) is 6.53. The first kappa shape index (κ1) is 22.3. The molecule has 4 rings (SSSR count). The molecule has 0 atom stereocenters. The first-order valence-electron chi connectivity index (χ1n) is 9.59. The Kier molecular flexibility index (Phi) is 6.03. The zero-order valence-electron chi connectivity index (χ0n) is 17.0. The molecule has 0 spiro atoms. The smallest absolute Gasteiger partial charge is 0.280 e. The van der Waals surface area contributed by atoms with E-state index in [2.05, 4.69) is 25.5 Å². The van der Waals surface area contributed by atoms with Crippen molar-refractivity contribution < 1.29 is 26.7 Å². The predicted octanol–water partition coefficient (Wildman–Crippen LogP) is 4.03. The topological polar surface area (TPSA) is 90.5 Å². The molecule has 3 aromatic heterocycles. The van der Waals surface area contributed by atoms with Crippen molar-refractivity contribution in [1.82, 2.24) is 29.5 Å². The Hall–Kier alpha value is -3.90. The van der Waals surface area contributed by atoms with Crippen molar-refractivity contribution in [2.24, 2.45) is 0 Å². The molecule has 3 heterocycles. The molecule has 1 aromatic carbocycles. The van der Waals surface area contributed by atoms with Gasteiger partial charge in [0.15, 0.2) is 5.65 Å². The van der Waals surface area contributed by atoms with Crippen molar-refractivity contribution in [2.75, 3.05) is 5.32 Å². The lowest BCUT2D eigenvalue weighted by Gasteiger charge is -2.08. The molecular weight excluding hydrogens is 449 g/mol. The van der Waals surface area contributed by atoms with Crippen LogP contribution in [0.2, 0.25) is 0 Å². The van der Waals surface area contributed by atoms with Crippen molar-refractivity contribution in [1.29, 1.82) is 0 Å². The minimum atomic E-state index is -3.07. The Morgan fingerprint density at radius 3 is 2.61 bits per heavy atom. The quantitative estimate of drug-likeness (QED) is 0.416. The van der Waals surface area contributed by atoms with E-state index in [1.807, 2.05) is 0 Å². The van der Waals surface area contributed by atoms with Gasteiger partial charge in [-0.2, -0.15) is 5.10 Å². The van der Waals surface area contributed by atoms with Crippen molar-refractivity contribution in [3.63, 3.8) is 0 Å². The van der Waals surface area contributed by atoms with Crippen LogP contribution in [0.25, 0.3) is 11.0 Å². The molecule has 33 heavy (non-hydrogen) atoms. The number of anilines is 1. The standard InChI is InChI=1S/C20H16F5N7O/c1-10-16-13(17(22)23)6-14(18(24)25)27-19(16)32(29-10)8-15(33)28-20-26-9-31(30-20)7-11-3-2-4-12(21)5-11/h2-6,9,17-18H,7-8H2,1H3,(H,28,30,33). The molecule has 4 aromatic rings. The van der Waals surface area contributed by atoms with E-state index < -0.39 is 42.4 Å². The van der Waals surface area contributed by atoms with Gasteiger partial charge in [-0.3, -0.25) is 10.1 Å². The summed E-state index contributed by atoms with van der Waals surface area (Å²) in [7, 11) is 0. The van der Waals surface area contributed by atoms with Gasteiger partial charge in [-0.25, -0.2) is 41.3 Å². The van der Waals surface area contributed by atoms with Crippen LogP contribution in [-0.4, -0.2) is 35.4 Å². The van der Waals surface area contributed by atoms with Crippen LogP contribution in [-0.2, 0) is 17.9 Å². The number of aromatic nitrogens is 6. The normalized spacial score (nSPS) is 11.6. The van der Waals surface area contributed by atoms with E-state index in [0.29, 0.717) is 11.6 Å². The maximum atomic E-state index is 13.4. The predicted molar refractivity (Wildman–Crippen MR) is 106 cm³/mol. The molecule has 0 saturated carbocycles. The van der Waals surface area contributed by atoms with Gasteiger partial charge >= 0.3 is 0 Å². The van der Waals surface area contributed by atoms with E-state index in [9.17, 15) is 26.7 Å². The second kappa shape index (κ2) is 8.92. The molecule has 1 amide bonds. The van der Waals surface area contributed by atoms with E-state index in [0.717, 1.165) is 4.68 Å². The van der Waals surface area contributed by atoms with Crippen molar-refractivity contribution in [3.05, 3.63) is 65.0 Å². The third-order valence-electron chi connectivity index (χ3n) is 4.70. The summed E-state index contributed by atoms with van der Waals surface area (Å²) < 4.78 is 68.8. The highest BCUT2D eigenvalue weighted by Crippen LogP contribution is 2.32. The molecule has 0 unspecified atom stereocenters. The number of nitrogens with zero attached hydrogens (tertiary/aromatic N) is 6. The Bertz CT molecular complexity index is 1320. The summed E-state index contributed by atoms with van der Waals surface area (Å²) in [5.74, 6) is -1.13. The molecule has 13 heteroatoms. The lowest BCUT2D eigenvalue weighted by atomic mass is 10.1. The third kappa shape index (κ3) is 4.81. The highest BCUT2D eigenvalue weighted by molar-refractivity contribution is 5.90. The van der Waals surface area contributed by atoms with Crippen LogP contribution in [0.4, 0.5) is 27.9 Å². The summed E-state index contributed by atoms with van der Waals surface area (Å²) >= 11 is 0. The van der Waals surface area contributed by atoms with Crippen LogP contribution in [0, 0.1) is 12.7 Å². The number of carbonyl (C=O) groups is 1. The largest absolute Gasteiger partial charge is 0.292 e. The molecule has 0 bridgehead atoms. The monoisotopic (exact) mass is 465 g/mol. The van der Waals surface area contributed by atoms with Gasteiger partial charge in [-0.05, 0) is 30.7 Å². The lowest BCUT2D eigenvalue weighted by Crippen LogP contribution is -2.21. The van der Waals surface area contributed by atoms with E-state index in [1.54, 1.807) is 12.1 Å². The van der Waals surface area contributed by atoms with Crippen molar-refractivity contribution in [3.8, 4) is 0 Å². The van der Waals surface area contributed by atoms with Gasteiger partial charge in [0.2, 0.25) is 11.9 Å². The maximum absolute atomic E-state index is 13.4. The number of amides is 1. The Labute approximate surface area is 183 Å². The number of rotatable bonds is 7. The maximum Gasteiger partial charge on any atom is 0.280 e. The van der Waals surface area contributed by atoms with Crippen LogP contribution in [0.1, 0.15) is 35.4 Å². The Balaban J connectivity index is 1.53. The van der Waals surface area contributed by atoms with Gasteiger partial charge in [0.1, 0.15) is 24.4 Å². The highest BCUT2D eigenvalue weighted by atomic mass is 19.3. The minimum Gasteiger partial charge on any atom is -0.292 e. The van der Waals surface area contributed by atoms with Gasteiger partial charge in [0.05, 0.1) is 17.6 Å². The first-order chi connectivity index (χ1) is 15.7. The average molecular weight is 465 g/mol. The SMILES string of the molecule is Cc1nn(CC(=O)Nc2ncn(Cc3cccc(F)c3)n2)c2nc(C(F)F)cc(C(F)F)c12. The van der Waals surface area contributed by atoms with Gasteiger partial charge in [0.25, 0.3) is 12.9 Å². The van der Waals surface area contributed by atoms with Crippen LogP contribution in [0.15, 0.2) is 36.7 Å². The molecule has 0 aliphatic heterocycles. The fourth-order valence-electron chi connectivity index (χ4n) is 3.35. The Morgan fingerprint density at radius 1 is 1.12 bits per heavy atom. The summed E-state index contributed by atoms with van der Waals surface area (Å²) in [5, 5.41) is 10.4. The second-order valence-corrected chi connectivity index (χ2v) is 7.12. The lowest BCUT2D eigenvalue weighted by molar-refractivity contribution is -0.116. The highest BCUT2D eigenvalue weighted by Gasteiger charge is 2.24. The van der Waals surface area contributed by atoms with E-state index in [-0.39, 0.29) is 29.2 Å².